The third-order valence-corrected chi connectivity index (χ3v) is 5.81. The number of rotatable bonds is 7. The van der Waals surface area contributed by atoms with E-state index in [0.29, 0.717) is 31.2 Å². The van der Waals surface area contributed by atoms with Gasteiger partial charge in [-0.05, 0) is 76.9 Å². The summed E-state index contributed by atoms with van der Waals surface area (Å²) < 4.78 is 11.2. The number of ketones is 1. The van der Waals surface area contributed by atoms with E-state index in [1.54, 1.807) is 6.92 Å². The van der Waals surface area contributed by atoms with E-state index in [0.717, 1.165) is 49.5 Å². The molecule has 3 atom stereocenters. The number of allylic oxidation sites excluding steroid dienone is 3. The first-order chi connectivity index (χ1) is 13.0. The quantitative estimate of drug-likeness (QED) is 0.628. The number of carbonyl (C=O) groups is 1. The maximum Gasteiger partial charge on any atom is 0.231 e. The summed E-state index contributed by atoms with van der Waals surface area (Å²) in [6, 6.07) is 0.444. The summed E-state index contributed by atoms with van der Waals surface area (Å²) in [7, 11) is 0. The number of likely N-dealkylation sites (tertiary alicyclic amines) is 1. The lowest BCUT2D eigenvalue weighted by molar-refractivity contribution is -0.118. The van der Waals surface area contributed by atoms with Gasteiger partial charge in [0.1, 0.15) is 5.78 Å². The first kappa shape index (κ1) is 19.9. The number of hydrogen-bond acceptors (Lipinski definition) is 5. The molecular formula is C22H32N2O3. The number of aliphatic imine (C=N–C) groups is 1. The molecule has 2 heterocycles. The first-order valence-corrected chi connectivity index (χ1v) is 10.0. The molecule has 3 aliphatic rings. The summed E-state index contributed by atoms with van der Waals surface area (Å²) in [5.74, 6) is 3.11. The second-order valence-electron chi connectivity index (χ2n) is 8.08. The third-order valence-electron chi connectivity index (χ3n) is 5.81. The summed E-state index contributed by atoms with van der Waals surface area (Å²) >= 11 is 0. The van der Waals surface area contributed by atoms with Crippen LogP contribution in [0.4, 0.5) is 0 Å². The average Bonchev–Trinajstić information content (AvgIpc) is 3.24. The van der Waals surface area contributed by atoms with Crippen LogP contribution in [0.1, 0.15) is 53.4 Å². The molecular weight excluding hydrogens is 340 g/mol. The molecule has 0 aromatic rings. The van der Waals surface area contributed by atoms with Crippen LogP contribution in [0.3, 0.4) is 0 Å². The molecule has 148 valence electrons. The molecule has 0 aromatic heterocycles. The molecule has 0 amide bonds. The molecule has 5 heteroatoms. The van der Waals surface area contributed by atoms with Crippen molar-refractivity contribution in [3.05, 3.63) is 35.4 Å². The Labute approximate surface area is 162 Å². The Kier molecular flexibility index (Phi) is 6.53. The number of nitrogens with zero attached hydrogens (tertiary/aromatic N) is 2. The molecule has 0 spiro atoms. The fourth-order valence-electron chi connectivity index (χ4n) is 4.50. The average molecular weight is 373 g/mol. The molecule has 1 aliphatic carbocycles. The molecule has 0 bridgehead atoms. The minimum Gasteiger partial charge on any atom is -0.454 e. The molecule has 0 radical (unpaired) electrons. The van der Waals surface area contributed by atoms with Gasteiger partial charge in [0.15, 0.2) is 11.5 Å². The van der Waals surface area contributed by atoms with Crippen LogP contribution >= 0.6 is 0 Å². The van der Waals surface area contributed by atoms with Crippen molar-refractivity contribution >= 4 is 11.5 Å². The Bertz CT molecular complexity index is 690. The minimum atomic E-state index is 0.243. The van der Waals surface area contributed by atoms with Crippen LogP contribution in [-0.4, -0.2) is 42.3 Å². The number of fused-ring (bicyclic) bond motifs is 1. The van der Waals surface area contributed by atoms with E-state index in [1.807, 2.05) is 19.2 Å². The van der Waals surface area contributed by atoms with Crippen molar-refractivity contribution in [1.29, 1.82) is 0 Å². The Morgan fingerprint density at radius 2 is 2.19 bits per heavy atom. The van der Waals surface area contributed by atoms with Crippen LogP contribution in [0.25, 0.3) is 0 Å². The molecule has 2 aliphatic heterocycles. The zero-order valence-corrected chi connectivity index (χ0v) is 17.0. The van der Waals surface area contributed by atoms with Gasteiger partial charge in [0.2, 0.25) is 6.79 Å². The topological polar surface area (TPSA) is 51.1 Å². The van der Waals surface area contributed by atoms with Crippen LogP contribution in [0.2, 0.25) is 0 Å². The van der Waals surface area contributed by atoms with Gasteiger partial charge in [0, 0.05) is 24.5 Å². The molecule has 27 heavy (non-hydrogen) atoms. The predicted molar refractivity (Wildman–Crippen MR) is 107 cm³/mol. The summed E-state index contributed by atoms with van der Waals surface area (Å²) in [5, 5.41) is 0. The van der Waals surface area contributed by atoms with E-state index >= 15 is 0 Å². The van der Waals surface area contributed by atoms with Gasteiger partial charge >= 0.3 is 0 Å². The lowest BCUT2D eigenvalue weighted by atomic mass is 9.81. The maximum atomic E-state index is 11.8. The highest BCUT2D eigenvalue weighted by molar-refractivity contribution is 5.82. The van der Waals surface area contributed by atoms with Crippen LogP contribution in [0.15, 0.2) is 40.4 Å². The molecule has 0 aromatic carbocycles. The Morgan fingerprint density at radius 3 is 2.93 bits per heavy atom. The highest BCUT2D eigenvalue weighted by Crippen LogP contribution is 2.41. The van der Waals surface area contributed by atoms with Crippen LogP contribution in [0.5, 0.6) is 0 Å². The van der Waals surface area contributed by atoms with Gasteiger partial charge < -0.3 is 9.47 Å². The fraction of sp³-hybridized carbons (Fsp3) is 0.636. The van der Waals surface area contributed by atoms with Crippen LogP contribution < -0.4 is 0 Å². The van der Waals surface area contributed by atoms with Gasteiger partial charge in [-0.15, -0.1) is 0 Å². The van der Waals surface area contributed by atoms with Crippen molar-refractivity contribution in [2.75, 3.05) is 19.9 Å². The fourth-order valence-corrected chi connectivity index (χ4v) is 4.50. The van der Waals surface area contributed by atoms with Gasteiger partial charge in [-0.25, -0.2) is 0 Å². The molecule has 0 N–H and O–H groups in total. The van der Waals surface area contributed by atoms with E-state index in [4.69, 9.17) is 9.47 Å². The smallest absolute Gasteiger partial charge is 0.231 e. The Balaban J connectivity index is 1.66. The summed E-state index contributed by atoms with van der Waals surface area (Å²) in [5.41, 5.74) is 2.44. The van der Waals surface area contributed by atoms with E-state index in [1.165, 1.54) is 5.57 Å². The van der Waals surface area contributed by atoms with Gasteiger partial charge in [-0.1, -0.05) is 6.08 Å². The Morgan fingerprint density at radius 1 is 1.37 bits per heavy atom. The maximum absolute atomic E-state index is 11.8. The predicted octanol–water partition coefficient (Wildman–Crippen LogP) is 4.22. The second-order valence-corrected chi connectivity index (χ2v) is 8.08. The third kappa shape index (κ3) is 4.89. The molecule has 3 rings (SSSR count). The van der Waals surface area contributed by atoms with Crippen molar-refractivity contribution in [1.82, 2.24) is 4.90 Å². The summed E-state index contributed by atoms with van der Waals surface area (Å²) in [4.78, 5) is 18.6. The van der Waals surface area contributed by atoms with Crippen molar-refractivity contribution in [3.63, 3.8) is 0 Å². The van der Waals surface area contributed by atoms with E-state index in [9.17, 15) is 4.79 Å². The normalized spacial score (nSPS) is 29.0. The van der Waals surface area contributed by atoms with E-state index in [2.05, 4.69) is 29.8 Å². The lowest BCUT2D eigenvalue weighted by Gasteiger charge is -2.25. The van der Waals surface area contributed by atoms with Crippen LogP contribution in [0, 0.1) is 11.8 Å². The highest BCUT2D eigenvalue weighted by Gasteiger charge is 2.38. The Hall–Kier alpha value is -1.88. The highest BCUT2D eigenvalue weighted by atomic mass is 16.7. The van der Waals surface area contributed by atoms with Gasteiger partial charge in [-0.3, -0.25) is 14.7 Å². The standard InChI is InChI=1S/C22H32N2O3/c1-5-8-23-16(3)6-7-20-10-19(13-24(20)12-17(4)25)18-9-15(2)22-21(11-18)26-14-27-22/h5,8,11,18-20H,6-7,9-10,12-14H2,1-4H3/b8-5-,23-16?. The first-order valence-electron chi connectivity index (χ1n) is 10.0. The number of ether oxygens (including phenoxy) is 2. The summed E-state index contributed by atoms with van der Waals surface area (Å²) in [6.45, 7) is 9.76. The number of Topliss-reactive ketones (excluding diaryl/α,β-unsaturated/α-hetero) is 1. The van der Waals surface area contributed by atoms with Gasteiger partial charge in [-0.2, -0.15) is 0 Å². The number of carbonyl (C=O) groups excluding carboxylic acids is 1. The zero-order valence-electron chi connectivity index (χ0n) is 17.0. The van der Waals surface area contributed by atoms with Crippen molar-refractivity contribution in [2.24, 2.45) is 16.8 Å². The summed E-state index contributed by atoms with van der Waals surface area (Å²) in [6.07, 6.45) is 10.2. The lowest BCUT2D eigenvalue weighted by Crippen LogP contribution is -2.34. The molecule has 2 fully saturated rings. The minimum absolute atomic E-state index is 0.243. The molecule has 3 unspecified atom stereocenters. The molecule has 0 saturated carbocycles. The molecule has 2 saturated heterocycles. The van der Waals surface area contributed by atoms with Crippen molar-refractivity contribution in [2.45, 2.75) is 59.4 Å². The largest absolute Gasteiger partial charge is 0.454 e. The molecule has 5 nitrogen and oxygen atoms in total. The van der Waals surface area contributed by atoms with Crippen LogP contribution in [-0.2, 0) is 14.3 Å². The van der Waals surface area contributed by atoms with E-state index in [-0.39, 0.29) is 5.78 Å². The van der Waals surface area contributed by atoms with Gasteiger partial charge in [0.25, 0.3) is 0 Å². The second kappa shape index (κ2) is 8.87. The zero-order chi connectivity index (χ0) is 19.4. The van der Waals surface area contributed by atoms with Gasteiger partial charge in [0.05, 0.1) is 6.54 Å². The van der Waals surface area contributed by atoms with Crippen molar-refractivity contribution < 1.29 is 14.3 Å². The SMILES string of the molecule is C/C=C\N=C(C)CCC1CC(C2C=C3OCOC3=C(C)C2)CN1CC(C)=O. The van der Waals surface area contributed by atoms with Crippen molar-refractivity contribution in [3.8, 4) is 0 Å². The van der Waals surface area contributed by atoms with E-state index < -0.39 is 0 Å². The monoisotopic (exact) mass is 372 g/mol. The number of hydrogen-bond donors (Lipinski definition) is 0.